The number of halogens is 1. The van der Waals surface area contributed by atoms with Crippen LogP contribution in [0.5, 0.6) is 11.5 Å². The predicted octanol–water partition coefficient (Wildman–Crippen LogP) is 2.52. The zero-order valence-corrected chi connectivity index (χ0v) is 11.5. The van der Waals surface area contributed by atoms with E-state index in [1.54, 1.807) is 0 Å². The number of carbonyl (C=O) groups excluding carboxylic acids is 1. The second kappa shape index (κ2) is 4.69. The Labute approximate surface area is 117 Å². The van der Waals surface area contributed by atoms with Crippen molar-refractivity contribution in [2.24, 2.45) is 0 Å². The molecular formula is C14H16ClNO3. The average molecular weight is 282 g/mol. The van der Waals surface area contributed by atoms with E-state index in [-0.39, 0.29) is 5.54 Å². The Morgan fingerprint density at radius 1 is 1.37 bits per heavy atom. The fourth-order valence-corrected chi connectivity index (χ4v) is 3.08. The number of rotatable bonds is 2. The van der Waals surface area contributed by atoms with Gasteiger partial charge in [-0.1, -0.05) is 11.6 Å². The molecule has 0 spiro atoms. The van der Waals surface area contributed by atoms with Crippen LogP contribution in [0, 0.1) is 0 Å². The number of benzene rings is 1. The van der Waals surface area contributed by atoms with E-state index >= 15 is 0 Å². The highest BCUT2D eigenvalue weighted by Crippen LogP contribution is 2.46. The van der Waals surface area contributed by atoms with Gasteiger partial charge in [0, 0.05) is 11.1 Å². The number of ether oxygens (including phenoxy) is 2. The van der Waals surface area contributed by atoms with Gasteiger partial charge in [0.1, 0.15) is 13.2 Å². The minimum absolute atomic E-state index is 0.171. The van der Waals surface area contributed by atoms with E-state index in [0.29, 0.717) is 35.3 Å². The third-order valence-electron chi connectivity index (χ3n) is 3.88. The van der Waals surface area contributed by atoms with Gasteiger partial charge in [0.15, 0.2) is 17.8 Å². The van der Waals surface area contributed by atoms with Gasteiger partial charge in [-0.3, -0.25) is 4.79 Å². The van der Waals surface area contributed by atoms with Crippen molar-refractivity contribution in [3.05, 3.63) is 22.2 Å². The number of fused-ring (bicyclic) bond motifs is 1. The van der Waals surface area contributed by atoms with Gasteiger partial charge in [-0.15, -0.1) is 0 Å². The highest BCUT2D eigenvalue weighted by atomic mass is 35.5. The molecule has 1 unspecified atom stereocenters. The Bertz CT molecular complexity index is 524. The van der Waals surface area contributed by atoms with Crippen LogP contribution in [0.1, 0.15) is 35.7 Å². The van der Waals surface area contributed by atoms with E-state index < -0.39 is 0 Å². The quantitative estimate of drug-likeness (QED) is 0.846. The lowest BCUT2D eigenvalue weighted by molar-refractivity contribution is 0.111. The number of aldehydes is 1. The van der Waals surface area contributed by atoms with Crippen molar-refractivity contribution in [2.75, 3.05) is 19.8 Å². The van der Waals surface area contributed by atoms with Crippen LogP contribution >= 0.6 is 11.6 Å². The van der Waals surface area contributed by atoms with E-state index in [1.807, 2.05) is 6.07 Å². The standard InChI is InChI=1S/C14H16ClNO3/c1-14(3-2-4-16-14)10-7-11(15)9(8-17)12-13(10)19-6-5-18-12/h7-8,16H,2-6H2,1H3. The van der Waals surface area contributed by atoms with Crippen molar-refractivity contribution in [3.63, 3.8) is 0 Å². The summed E-state index contributed by atoms with van der Waals surface area (Å²) in [6.07, 6.45) is 2.85. The van der Waals surface area contributed by atoms with E-state index in [2.05, 4.69) is 12.2 Å². The van der Waals surface area contributed by atoms with E-state index in [0.717, 1.165) is 31.2 Å². The summed E-state index contributed by atoms with van der Waals surface area (Å²) in [5, 5.41) is 3.90. The lowest BCUT2D eigenvalue weighted by atomic mass is 9.88. The van der Waals surface area contributed by atoms with E-state index in [4.69, 9.17) is 21.1 Å². The molecule has 2 aliphatic heterocycles. The number of hydrogen-bond donors (Lipinski definition) is 1. The molecule has 1 saturated heterocycles. The van der Waals surface area contributed by atoms with Crippen molar-refractivity contribution in [3.8, 4) is 11.5 Å². The first-order valence-corrected chi connectivity index (χ1v) is 6.86. The van der Waals surface area contributed by atoms with Gasteiger partial charge in [0.25, 0.3) is 0 Å². The normalized spacial score (nSPS) is 25.4. The molecule has 5 heteroatoms. The van der Waals surface area contributed by atoms with Gasteiger partial charge in [-0.25, -0.2) is 0 Å². The van der Waals surface area contributed by atoms with Crippen LogP contribution in [0.25, 0.3) is 0 Å². The fourth-order valence-electron chi connectivity index (χ4n) is 2.84. The molecule has 2 aliphatic rings. The van der Waals surface area contributed by atoms with Crippen molar-refractivity contribution in [1.82, 2.24) is 5.32 Å². The van der Waals surface area contributed by atoms with Crippen LogP contribution < -0.4 is 14.8 Å². The minimum Gasteiger partial charge on any atom is -0.486 e. The lowest BCUT2D eigenvalue weighted by Crippen LogP contribution is -2.34. The topological polar surface area (TPSA) is 47.6 Å². The summed E-state index contributed by atoms with van der Waals surface area (Å²) in [6.45, 7) is 4.04. The molecule has 102 valence electrons. The molecule has 1 fully saturated rings. The first-order chi connectivity index (χ1) is 9.15. The summed E-state index contributed by atoms with van der Waals surface area (Å²) in [5.41, 5.74) is 1.19. The fraction of sp³-hybridized carbons (Fsp3) is 0.500. The summed E-state index contributed by atoms with van der Waals surface area (Å²) in [7, 11) is 0. The SMILES string of the molecule is CC1(c2cc(Cl)c(C=O)c3c2OCCO3)CCCN1. The second-order valence-electron chi connectivity index (χ2n) is 5.16. The first kappa shape index (κ1) is 12.8. The summed E-state index contributed by atoms with van der Waals surface area (Å²) in [5.74, 6) is 1.15. The summed E-state index contributed by atoms with van der Waals surface area (Å²) < 4.78 is 11.4. The maximum atomic E-state index is 11.2. The molecule has 0 saturated carbocycles. The van der Waals surface area contributed by atoms with Crippen LogP contribution in [0.15, 0.2) is 6.07 Å². The molecule has 0 bridgehead atoms. The maximum absolute atomic E-state index is 11.2. The largest absolute Gasteiger partial charge is 0.486 e. The zero-order chi connectivity index (χ0) is 13.5. The van der Waals surface area contributed by atoms with Crippen molar-refractivity contribution >= 4 is 17.9 Å². The monoisotopic (exact) mass is 281 g/mol. The van der Waals surface area contributed by atoms with Crippen LogP contribution in [0.4, 0.5) is 0 Å². The highest BCUT2D eigenvalue weighted by molar-refractivity contribution is 6.33. The van der Waals surface area contributed by atoms with Gasteiger partial charge in [-0.05, 0) is 32.4 Å². The average Bonchev–Trinajstić information content (AvgIpc) is 2.86. The van der Waals surface area contributed by atoms with Crippen LogP contribution in [0.3, 0.4) is 0 Å². The Hall–Kier alpha value is -1.26. The molecule has 1 aromatic carbocycles. The molecule has 4 nitrogen and oxygen atoms in total. The molecule has 0 radical (unpaired) electrons. The molecular weight excluding hydrogens is 266 g/mol. The van der Waals surface area contributed by atoms with Gasteiger partial charge < -0.3 is 14.8 Å². The Kier molecular flexibility index (Phi) is 3.15. The Morgan fingerprint density at radius 3 is 2.74 bits per heavy atom. The molecule has 1 atom stereocenters. The third-order valence-corrected chi connectivity index (χ3v) is 4.19. The minimum atomic E-state index is -0.171. The van der Waals surface area contributed by atoms with E-state index in [1.165, 1.54) is 0 Å². The summed E-state index contributed by atoms with van der Waals surface area (Å²) >= 11 is 6.21. The lowest BCUT2D eigenvalue weighted by Gasteiger charge is -2.31. The molecule has 1 aromatic rings. The molecule has 0 aromatic heterocycles. The second-order valence-corrected chi connectivity index (χ2v) is 5.56. The molecule has 1 N–H and O–H groups in total. The van der Waals surface area contributed by atoms with Gasteiger partial charge in [-0.2, -0.15) is 0 Å². The van der Waals surface area contributed by atoms with E-state index in [9.17, 15) is 4.79 Å². The Balaban J connectivity index is 2.20. The van der Waals surface area contributed by atoms with Crippen LogP contribution in [-0.2, 0) is 5.54 Å². The number of carbonyl (C=O) groups is 1. The van der Waals surface area contributed by atoms with Gasteiger partial charge in [0.05, 0.1) is 10.6 Å². The number of hydrogen-bond acceptors (Lipinski definition) is 4. The van der Waals surface area contributed by atoms with Crippen LogP contribution in [-0.4, -0.2) is 26.0 Å². The molecule has 3 rings (SSSR count). The number of nitrogens with one attached hydrogen (secondary N) is 1. The molecule has 0 amide bonds. The van der Waals surface area contributed by atoms with Gasteiger partial charge in [0.2, 0.25) is 0 Å². The molecule has 19 heavy (non-hydrogen) atoms. The zero-order valence-electron chi connectivity index (χ0n) is 10.8. The summed E-state index contributed by atoms with van der Waals surface area (Å²) in [6, 6.07) is 1.83. The highest BCUT2D eigenvalue weighted by Gasteiger charge is 2.36. The van der Waals surface area contributed by atoms with Crippen molar-refractivity contribution in [1.29, 1.82) is 0 Å². The van der Waals surface area contributed by atoms with Crippen LogP contribution in [0.2, 0.25) is 5.02 Å². The smallest absolute Gasteiger partial charge is 0.173 e. The molecule has 2 heterocycles. The predicted molar refractivity (Wildman–Crippen MR) is 72.4 cm³/mol. The third kappa shape index (κ3) is 1.99. The summed E-state index contributed by atoms with van der Waals surface area (Å²) in [4.78, 5) is 11.2. The first-order valence-electron chi connectivity index (χ1n) is 6.48. The maximum Gasteiger partial charge on any atom is 0.173 e. The Morgan fingerprint density at radius 2 is 2.11 bits per heavy atom. The van der Waals surface area contributed by atoms with Crippen molar-refractivity contribution < 1.29 is 14.3 Å². The molecule has 0 aliphatic carbocycles. The van der Waals surface area contributed by atoms with Crippen molar-refractivity contribution in [2.45, 2.75) is 25.3 Å². The van der Waals surface area contributed by atoms with Gasteiger partial charge >= 0.3 is 0 Å².